The van der Waals surface area contributed by atoms with Crippen molar-refractivity contribution < 1.29 is 9.53 Å². The quantitative estimate of drug-likeness (QED) is 0.559. The summed E-state index contributed by atoms with van der Waals surface area (Å²) >= 11 is 6.25. The number of ether oxygens (including phenoxy) is 1. The Morgan fingerprint density at radius 2 is 1.72 bits per heavy atom. The molecule has 1 aliphatic rings. The van der Waals surface area contributed by atoms with Gasteiger partial charge in [0.05, 0.1) is 19.4 Å². The minimum atomic E-state index is -0.0996. The van der Waals surface area contributed by atoms with Crippen molar-refractivity contribution in [3.8, 4) is 5.75 Å². The zero-order valence-corrected chi connectivity index (χ0v) is 17.7. The van der Waals surface area contributed by atoms with Crippen LogP contribution in [0, 0.1) is 0 Å². The predicted molar refractivity (Wildman–Crippen MR) is 117 cm³/mol. The number of hydrazone groups is 1. The molecule has 1 aliphatic heterocycles. The van der Waals surface area contributed by atoms with Crippen LogP contribution in [0.2, 0.25) is 5.02 Å². The van der Waals surface area contributed by atoms with E-state index in [0.29, 0.717) is 6.54 Å². The van der Waals surface area contributed by atoms with Crippen molar-refractivity contribution in [1.29, 1.82) is 0 Å². The molecule has 2 aromatic rings. The largest absolute Gasteiger partial charge is 0.497 e. The number of amides is 1. The average molecular weight is 415 g/mol. The van der Waals surface area contributed by atoms with Crippen LogP contribution in [0.25, 0.3) is 0 Å². The molecule has 1 amide bonds. The second kappa shape index (κ2) is 10.4. The van der Waals surface area contributed by atoms with Gasteiger partial charge < -0.3 is 4.74 Å². The Morgan fingerprint density at radius 1 is 1.07 bits per heavy atom. The van der Waals surface area contributed by atoms with E-state index in [1.165, 1.54) is 0 Å². The molecule has 1 fully saturated rings. The van der Waals surface area contributed by atoms with Crippen LogP contribution in [-0.2, 0) is 11.3 Å². The fraction of sp³-hybridized carbons (Fsp3) is 0.364. The first-order valence-electron chi connectivity index (χ1n) is 9.71. The van der Waals surface area contributed by atoms with Gasteiger partial charge in [-0.05, 0) is 48.4 Å². The molecule has 7 heteroatoms. The summed E-state index contributed by atoms with van der Waals surface area (Å²) < 4.78 is 5.15. The van der Waals surface area contributed by atoms with Gasteiger partial charge in [0.1, 0.15) is 5.75 Å². The van der Waals surface area contributed by atoms with Gasteiger partial charge in [0.25, 0.3) is 5.91 Å². The van der Waals surface area contributed by atoms with Gasteiger partial charge in [0.2, 0.25) is 0 Å². The van der Waals surface area contributed by atoms with E-state index in [0.717, 1.165) is 60.3 Å². The lowest BCUT2D eigenvalue weighted by Crippen LogP contribution is -2.48. The lowest BCUT2D eigenvalue weighted by Gasteiger charge is -2.34. The molecule has 1 heterocycles. The normalized spacial score (nSPS) is 15.9. The lowest BCUT2D eigenvalue weighted by atomic mass is 10.1. The van der Waals surface area contributed by atoms with E-state index in [1.54, 1.807) is 7.11 Å². The van der Waals surface area contributed by atoms with Crippen LogP contribution in [0.1, 0.15) is 18.1 Å². The summed E-state index contributed by atoms with van der Waals surface area (Å²) in [5, 5.41) is 5.03. The average Bonchev–Trinajstić information content (AvgIpc) is 2.75. The second-order valence-electron chi connectivity index (χ2n) is 7.10. The van der Waals surface area contributed by atoms with Gasteiger partial charge >= 0.3 is 0 Å². The fourth-order valence-corrected chi connectivity index (χ4v) is 3.45. The number of hydrogen-bond donors (Lipinski definition) is 1. The molecule has 0 saturated carbocycles. The van der Waals surface area contributed by atoms with E-state index < -0.39 is 0 Å². The van der Waals surface area contributed by atoms with E-state index >= 15 is 0 Å². The smallest absolute Gasteiger partial charge is 0.254 e. The standard InChI is InChI=1S/C22H27ClN4O2/c1-17(18-7-9-20(29-2)10-8-18)24-25-22(28)16-27-13-11-26(12-14-27)15-19-5-3-4-6-21(19)23/h3-10H,11-16H2,1-2H3,(H,25,28)/b24-17+. The van der Waals surface area contributed by atoms with Crippen molar-refractivity contribution in [2.45, 2.75) is 13.5 Å². The Labute approximate surface area is 177 Å². The summed E-state index contributed by atoms with van der Waals surface area (Å²) in [4.78, 5) is 16.8. The molecule has 154 valence electrons. The van der Waals surface area contributed by atoms with E-state index in [-0.39, 0.29) is 5.91 Å². The van der Waals surface area contributed by atoms with Gasteiger partial charge in [-0.15, -0.1) is 0 Å². The summed E-state index contributed by atoms with van der Waals surface area (Å²) in [5.74, 6) is 0.691. The highest BCUT2D eigenvalue weighted by Crippen LogP contribution is 2.18. The zero-order chi connectivity index (χ0) is 20.6. The number of benzene rings is 2. The molecular formula is C22H27ClN4O2. The second-order valence-corrected chi connectivity index (χ2v) is 7.51. The van der Waals surface area contributed by atoms with Crippen LogP contribution in [0.15, 0.2) is 53.6 Å². The number of halogens is 1. The van der Waals surface area contributed by atoms with Crippen LogP contribution >= 0.6 is 11.6 Å². The number of hydrogen-bond acceptors (Lipinski definition) is 5. The summed E-state index contributed by atoms with van der Waals surface area (Å²) in [6.45, 7) is 6.57. The predicted octanol–water partition coefficient (Wildman–Crippen LogP) is 3.01. The summed E-state index contributed by atoms with van der Waals surface area (Å²) in [5.41, 5.74) is 5.50. The van der Waals surface area contributed by atoms with Crippen molar-refractivity contribution in [2.75, 3.05) is 39.8 Å². The molecule has 0 bridgehead atoms. The Kier molecular flexibility index (Phi) is 7.63. The summed E-state index contributed by atoms with van der Waals surface area (Å²) in [7, 11) is 1.63. The van der Waals surface area contributed by atoms with Crippen LogP contribution in [0.5, 0.6) is 5.75 Å². The van der Waals surface area contributed by atoms with Gasteiger partial charge in [-0.3, -0.25) is 14.6 Å². The molecule has 6 nitrogen and oxygen atoms in total. The Bertz CT molecular complexity index is 846. The molecule has 0 spiro atoms. The van der Waals surface area contributed by atoms with Crippen molar-refractivity contribution in [1.82, 2.24) is 15.2 Å². The SMILES string of the molecule is COc1ccc(/C(C)=N/NC(=O)CN2CCN(Cc3ccccc3Cl)CC2)cc1. The van der Waals surface area contributed by atoms with Gasteiger partial charge in [-0.1, -0.05) is 29.8 Å². The summed E-state index contributed by atoms with van der Waals surface area (Å²) in [6, 6.07) is 15.5. The summed E-state index contributed by atoms with van der Waals surface area (Å²) in [6.07, 6.45) is 0. The third kappa shape index (κ3) is 6.29. The minimum Gasteiger partial charge on any atom is -0.497 e. The van der Waals surface area contributed by atoms with E-state index in [2.05, 4.69) is 26.4 Å². The maximum absolute atomic E-state index is 12.3. The molecule has 3 rings (SSSR count). The number of piperazine rings is 1. The number of nitrogens with zero attached hydrogens (tertiary/aromatic N) is 3. The molecule has 1 saturated heterocycles. The van der Waals surface area contributed by atoms with Crippen molar-refractivity contribution >= 4 is 23.2 Å². The van der Waals surface area contributed by atoms with E-state index in [1.807, 2.05) is 49.4 Å². The number of rotatable bonds is 7. The van der Waals surface area contributed by atoms with Crippen LogP contribution in [0.4, 0.5) is 0 Å². The highest BCUT2D eigenvalue weighted by molar-refractivity contribution is 6.31. The van der Waals surface area contributed by atoms with Crippen LogP contribution in [0.3, 0.4) is 0 Å². The van der Waals surface area contributed by atoms with Crippen LogP contribution in [-0.4, -0.2) is 61.3 Å². The van der Waals surface area contributed by atoms with Gasteiger partial charge in [-0.2, -0.15) is 5.10 Å². The highest BCUT2D eigenvalue weighted by atomic mass is 35.5. The maximum Gasteiger partial charge on any atom is 0.254 e. The fourth-order valence-electron chi connectivity index (χ4n) is 3.25. The highest BCUT2D eigenvalue weighted by Gasteiger charge is 2.19. The molecule has 2 aromatic carbocycles. The molecule has 0 radical (unpaired) electrons. The van der Waals surface area contributed by atoms with E-state index in [9.17, 15) is 4.79 Å². The monoisotopic (exact) mass is 414 g/mol. The molecule has 29 heavy (non-hydrogen) atoms. The molecule has 0 aromatic heterocycles. The molecule has 1 N–H and O–H groups in total. The number of methoxy groups -OCH3 is 1. The van der Waals surface area contributed by atoms with Crippen molar-refractivity contribution in [3.63, 3.8) is 0 Å². The van der Waals surface area contributed by atoms with Gasteiger partial charge in [-0.25, -0.2) is 5.43 Å². The number of carbonyl (C=O) groups is 1. The minimum absolute atomic E-state index is 0.0996. The van der Waals surface area contributed by atoms with Crippen molar-refractivity contribution in [2.24, 2.45) is 5.10 Å². The van der Waals surface area contributed by atoms with Crippen LogP contribution < -0.4 is 10.2 Å². The molecule has 0 unspecified atom stereocenters. The molecule has 0 aliphatic carbocycles. The first kappa shape index (κ1) is 21.3. The zero-order valence-electron chi connectivity index (χ0n) is 16.9. The van der Waals surface area contributed by atoms with Gasteiger partial charge in [0.15, 0.2) is 0 Å². The Morgan fingerprint density at radius 3 is 2.38 bits per heavy atom. The Balaban J connectivity index is 1.42. The van der Waals surface area contributed by atoms with Crippen molar-refractivity contribution in [3.05, 3.63) is 64.7 Å². The maximum atomic E-state index is 12.3. The topological polar surface area (TPSA) is 57.2 Å². The Hall–Kier alpha value is -2.41. The number of carbonyl (C=O) groups excluding carboxylic acids is 1. The molecular weight excluding hydrogens is 388 g/mol. The third-order valence-electron chi connectivity index (χ3n) is 5.04. The lowest BCUT2D eigenvalue weighted by molar-refractivity contribution is -0.122. The first-order chi connectivity index (χ1) is 14.0. The van der Waals surface area contributed by atoms with Gasteiger partial charge in [0, 0.05) is 37.7 Å². The van der Waals surface area contributed by atoms with E-state index in [4.69, 9.17) is 16.3 Å². The first-order valence-corrected chi connectivity index (χ1v) is 10.1. The molecule has 0 atom stereocenters. The number of nitrogens with one attached hydrogen (secondary N) is 1. The third-order valence-corrected chi connectivity index (χ3v) is 5.41.